The molecule has 1 saturated carbocycles. The third kappa shape index (κ3) is 2.64. The molecule has 0 heterocycles. The molecule has 1 aliphatic carbocycles. The number of ether oxygens (including phenoxy) is 1. The van der Waals surface area contributed by atoms with Crippen molar-refractivity contribution in [3.8, 4) is 5.75 Å². The van der Waals surface area contributed by atoms with E-state index >= 15 is 0 Å². The predicted octanol–water partition coefficient (Wildman–Crippen LogP) is 4.28. The van der Waals surface area contributed by atoms with E-state index < -0.39 is 0 Å². The van der Waals surface area contributed by atoms with Crippen molar-refractivity contribution in [2.45, 2.75) is 58.9 Å². The van der Waals surface area contributed by atoms with E-state index in [-0.39, 0.29) is 11.5 Å². The molecule has 0 saturated heterocycles. The van der Waals surface area contributed by atoms with Gasteiger partial charge in [-0.15, -0.1) is 0 Å². The molecule has 1 atom stereocenters. The standard InChI is InChI=1S/C17H27NO/c1-12-8-9-14(15(19-4)13(12)2)16(18)17(3)10-6-5-7-11-17/h8-9,16H,5-7,10-11,18H2,1-4H3. The zero-order valence-corrected chi connectivity index (χ0v) is 12.8. The van der Waals surface area contributed by atoms with E-state index in [4.69, 9.17) is 10.5 Å². The Kier molecular flexibility index (Phi) is 4.19. The first kappa shape index (κ1) is 14.4. The van der Waals surface area contributed by atoms with Crippen LogP contribution in [0.25, 0.3) is 0 Å². The summed E-state index contributed by atoms with van der Waals surface area (Å²) < 4.78 is 5.63. The van der Waals surface area contributed by atoms with Gasteiger partial charge < -0.3 is 10.5 Å². The molecule has 1 aromatic rings. The first-order valence-electron chi connectivity index (χ1n) is 7.39. The molecule has 1 fully saturated rings. The van der Waals surface area contributed by atoms with Gasteiger partial charge in [-0.25, -0.2) is 0 Å². The maximum Gasteiger partial charge on any atom is 0.126 e. The van der Waals surface area contributed by atoms with Crippen LogP contribution < -0.4 is 10.5 Å². The lowest BCUT2D eigenvalue weighted by molar-refractivity contribution is 0.168. The quantitative estimate of drug-likeness (QED) is 0.881. The third-order valence-electron chi connectivity index (χ3n) is 4.99. The molecule has 2 rings (SSSR count). The monoisotopic (exact) mass is 261 g/mol. The van der Waals surface area contributed by atoms with Crippen LogP contribution in [-0.2, 0) is 0 Å². The molecule has 1 unspecified atom stereocenters. The van der Waals surface area contributed by atoms with Gasteiger partial charge in [0.15, 0.2) is 0 Å². The average Bonchev–Trinajstić information content (AvgIpc) is 2.41. The number of benzene rings is 1. The van der Waals surface area contributed by atoms with E-state index in [2.05, 4.69) is 32.9 Å². The first-order valence-corrected chi connectivity index (χ1v) is 7.39. The zero-order chi connectivity index (χ0) is 14.0. The molecule has 106 valence electrons. The predicted molar refractivity (Wildman–Crippen MR) is 80.6 cm³/mol. The zero-order valence-electron chi connectivity index (χ0n) is 12.8. The first-order chi connectivity index (χ1) is 8.99. The topological polar surface area (TPSA) is 35.2 Å². The summed E-state index contributed by atoms with van der Waals surface area (Å²) in [4.78, 5) is 0. The van der Waals surface area contributed by atoms with Gasteiger partial charge in [-0.1, -0.05) is 38.3 Å². The van der Waals surface area contributed by atoms with E-state index in [0.29, 0.717) is 0 Å². The molecule has 0 radical (unpaired) electrons. The van der Waals surface area contributed by atoms with Crippen molar-refractivity contribution in [2.75, 3.05) is 7.11 Å². The lowest BCUT2D eigenvalue weighted by atomic mass is 9.68. The van der Waals surface area contributed by atoms with Gasteiger partial charge in [-0.3, -0.25) is 0 Å². The summed E-state index contributed by atoms with van der Waals surface area (Å²) in [5.74, 6) is 0.985. The molecule has 19 heavy (non-hydrogen) atoms. The number of rotatable bonds is 3. The van der Waals surface area contributed by atoms with Crippen molar-refractivity contribution >= 4 is 0 Å². The Morgan fingerprint density at radius 1 is 1.16 bits per heavy atom. The minimum atomic E-state index is 0.0713. The Morgan fingerprint density at radius 2 is 1.79 bits per heavy atom. The van der Waals surface area contributed by atoms with Crippen LogP contribution in [0.3, 0.4) is 0 Å². The van der Waals surface area contributed by atoms with Gasteiger partial charge in [0.25, 0.3) is 0 Å². The van der Waals surface area contributed by atoms with Crippen LogP contribution in [0.5, 0.6) is 5.75 Å². The highest BCUT2D eigenvalue weighted by Gasteiger charge is 2.35. The molecule has 0 aromatic heterocycles. The fourth-order valence-electron chi connectivity index (χ4n) is 3.37. The van der Waals surface area contributed by atoms with Gasteiger partial charge in [-0.05, 0) is 43.2 Å². The molecule has 0 spiro atoms. The van der Waals surface area contributed by atoms with Crippen LogP contribution in [0.1, 0.15) is 61.8 Å². The highest BCUT2D eigenvalue weighted by molar-refractivity contribution is 5.47. The average molecular weight is 261 g/mol. The van der Waals surface area contributed by atoms with Crippen molar-refractivity contribution < 1.29 is 4.74 Å². The number of hydrogen-bond donors (Lipinski definition) is 1. The molecule has 2 N–H and O–H groups in total. The molecule has 0 bridgehead atoms. The Morgan fingerprint density at radius 3 is 2.37 bits per heavy atom. The fourth-order valence-corrected chi connectivity index (χ4v) is 3.37. The lowest BCUT2D eigenvalue weighted by Gasteiger charge is -2.39. The van der Waals surface area contributed by atoms with Gasteiger partial charge >= 0.3 is 0 Å². The summed E-state index contributed by atoms with van der Waals surface area (Å²) in [6.45, 7) is 6.58. The minimum absolute atomic E-state index is 0.0713. The van der Waals surface area contributed by atoms with E-state index in [0.717, 1.165) is 5.75 Å². The lowest BCUT2D eigenvalue weighted by Crippen LogP contribution is -2.34. The summed E-state index contributed by atoms with van der Waals surface area (Å²) in [5.41, 5.74) is 10.5. The molecule has 1 aliphatic rings. The van der Waals surface area contributed by atoms with E-state index in [1.807, 2.05) is 0 Å². The normalized spacial score (nSPS) is 20.1. The van der Waals surface area contributed by atoms with Gasteiger partial charge in [0, 0.05) is 11.6 Å². The second-order valence-corrected chi connectivity index (χ2v) is 6.32. The minimum Gasteiger partial charge on any atom is -0.496 e. The third-order valence-corrected chi connectivity index (χ3v) is 4.99. The summed E-state index contributed by atoms with van der Waals surface area (Å²) >= 11 is 0. The highest BCUT2D eigenvalue weighted by Crippen LogP contribution is 2.46. The Balaban J connectivity index is 2.38. The van der Waals surface area contributed by atoms with Crippen LogP contribution >= 0.6 is 0 Å². The SMILES string of the molecule is COc1c(C(N)C2(C)CCCCC2)ccc(C)c1C. The maximum atomic E-state index is 6.62. The fraction of sp³-hybridized carbons (Fsp3) is 0.647. The van der Waals surface area contributed by atoms with Crippen molar-refractivity contribution in [1.29, 1.82) is 0 Å². The van der Waals surface area contributed by atoms with Crippen LogP contribution in [0.15, 0.2) is 12.1 Å². The number of aryl methyl sites for hydroxylation is 1. The van der Waals surface area contributed by atoms with Crippen molar-refractivity contribution in [1.82, 2.24) is 0 Å². The van der Waals surface area contributed by atoms with Gasteiger partial charge in [-0.2, -0.15) is 0 Å². The van der Waals surface area contributed by atoms with Crippen LogP contribution in [0.4, 0.5) is 0 Å². The molecule has 0 amide bonds. The smallest absolute Gasteiger partial charge is 0.126 e. The van der Waals surface area contributed by atoms with E-state index in [9.17, 15) is 0 Å². The number of hydrogen-bond acceptors (Lipinski definition) is 2. The summed E-state index contributed by atoms with van der Waals surface area (Å²) in [5, 5.41) is 0. The second kappa shape index (κ2) is 5.54. The Labute approximate surface area is 117 Å². The van der Waals surface area contributed by atoms with Crippen molar-refractivity contribution in [3.63, 3.8) is 0 Å². The molecular weight excluding hydrogens is 234 g/mol. The molecular formula is C17H27NO. The van der Waals surface area contributed by atoms with Crippen molar-refractivity contribution in [3.05, 3.63) is 28.8 Å². The van der Waals surface area contributed by atoms with Crippen molar-refractivity contribution in [2.24, 2.45) is 11.1 Å². The summed E-state index contributed by atoms with van der Waals surface area (Å²) in [6, 6.07) is 4.40. The molecule has 1 aromatic carbocycles. The van der Waals surface area contributed by atoms with E-state index in [1.165, 1.54) is 48.8 Å². The Hall–Kier alpha value is -1.02. The largest absolute Gasteiger partial charge is 0.496 e. The van der Waals surface area contributed by atoms with Crippen LogP contribution in [0.2, 0.25) is 0 Å². The van der Waals surface area contributed by atoms with Gasteiger partial charge in [0.2, 0.25) is 0 Å². The maximum absolute atomic E-state index is 6.62. The van der Waals surface area contributed by atoms with Crippen LogP contribution in [-0.4, -0.2) is 7.11 Å². The van der Waals surface area contributed by atoms with E-state index in [1.54, 1.807) is 7.11 Å². The molecule has 2 heteroatoms. The summed E-state index contributed by atoms with van der Waals surface area (Å²) in [7, 11) is 1.75. The van der Waals surface area contributed by atoms with Gasteiger partial charge in [0.05, 0.1) is 7.11 Å². The number of nitrogens with two attached hydrogens (primary N) is 1. The molecule has 2 nitrogen and oxygen atoms in total. The molecule has 0 aliphatic heterocycles. The Bertz CT molecular complexity index is 447. The van der Waals surface area contributed by atoms with Gasteiger partial charge in [0.1, 0.15) is 5.75 Å². The van der Waals surface area contributed by atoms with Crippen LogP contribution in [0, 0.1) is 19.3 Å². The second-order valence-electron chi connectivity index (χ2n) is 6.32. The highest BCUT2D eigenvalue weighted by atomic mass is 16.5. The number of methoxy groups -OCH3 is 1. The summed E-state index contributed by atoms with van der Waals surface area (Å²) in [6.07, 6.45) is 6.41.